The summed E-state index contributed by atoms with van der Waals surface area (Å²) in [5, 5.41) is 8.74. The molecule has 0 aromatic carbocycles. The Morgan fingerprint density at radius 3 is 2.35 bits per heavy atom. The third-order valence-corrected chi connectivity index (χ3v) is 2.69. The van der Waals surface area contributed by atoms with Crippen molar-refractivity contribution in [2.75, 3.05) is 0 Å². The molecular weight excluding hydrogens is 212 g/mol. The van der Waals surface area contributed by atoms with E-state index in [1.54, 1.807) is 4.80 Å². The maximum atomic E-state index is 4.46. The smallest absolute Gasteiger partial charge is 0.0890 e. The van der Waals surface area contributed by atoms with E-state index >= 15 is 0 Å². The zero-order chi connectivity index (χ0) is 12.4. The van der Waals surface area contributed by atoms with Gasteiger partial charge in [0.2, 0.25) is 0 Å². The molecule has 0 aliphatic carbocycles. The second kappa shape index (κ2) is 4.65. The monoisotopic (exact) mass is 230 g/mol. The Morgan fingerprint density at radius 2 is 1.76 bits per heavy atom. The summed E-state index contributed by atoms with van der Waals surface area (Å²) in [6, 6.07) is 3.96. The molecule has 2 heterocycles. The lowest BCUT2D eigenvalue weighted by Crippen LogP contribution is -2.02. The van der Waals surface area contributed by atoms with Crippen LogP contribution in [0.25, 0.3) is 5.69 Å². The lowest BCUT2D eigenvalue weighted by atomic mass is 10.1. The highest BCUT2D eigenvalue weighted by Gasteiger charge is 2.08. The van der Waals surface area contributed by atoms with E-state index in [2.05, 4.69) is 42.9 Å². The van der Waals surface area contributed by atoms with Gasteiger partial charge in [0.15, 0.2) is 0 Å². The molecule has 2 aromatic heterocycles. The Labute approximate surface area is 102 Å². The predicted molar refractivity (Wildman–Crippen MR) is 67.3 cm³/mol. The van der Waals surface area contributed by atoms with Crippen LogP contribution < -0.4 is 0 Å². The first-order chi connectivity index (χ1) is 8.08. The first-order valence-corrected chi connectivity index (χ1v) is 5.96. The Balaban J connectivity index is 2.35. The fourth-order valence-electron chi connectivity index (χ4n) is 1.54. The summed E-state index contributed by atoms with van der Waals surface area (Å²) < 4.78 is 0. The van der Waals surface area contributed by atoms with E-state index in [0.29, 0.717) is 11.8 Å². The third kappa shape index (κ3) is 2.52. The summed E-state index contributed by atoms with van der Waals surface area (Å²) in [6.07, 6.45) is 3.63. The molecule has 0 atom stereocenters. The molecule has 0 unspecified atom stereocenters. The average molecular weight is 230 g/mol. The normalized spacial score (nSPS) is 11.4. The summed E-state index contributed by atoms with van der Waals surface area (Å²) in [6.45, 7) is 8.48. The standard InChI is InChI=1S/C13H18N4/c1-9(2)12-7-11(5-6-14-12)17-15-8-13(16-17)10(3)4/h5-10H,1-4H3. The van der Waals surface area contributed by atoms with Gasteiger partial charge in [-0.25, -0.2) is 0 Å². The highest BCUT2D eigenvalue weighted by molar-refractivity contribution is 5.30. The van der Waals surface area contributed by atoms with Gasteiger partial charge >= 0.3 is 0 Å². The van der Waals surface area contributed by atoms with Crippen molar-refractivity contribution in [3.63, 3.8) is 0 Å². The van der Waals surface area contributed by atoms with Crippen molar-refractivity contribution < 1.29 is 0 Å². The highest BCUT2D eigenvalue weighted by Crippen LogP contribution is 2.16. The molecule has 0 aliphatic rings. The van der Waals surface area contributed by atoms with E-state index in [1.165, 1.54) is 0 Å². The van der Waals surface area contributed by atoms with E-state index < -0.39 is 0 Å². The van der Waals surface area contributed by atoms with Crippen LogP contribution in [0.5, 0.6) is 0 Å². The van der Waals surface area contributed by atoms with E-state index in [-0.39, 0.29) is 0 Å². The van der Waals surface area contributed by atoms with Gasteiger partial charge in [-0.3, -0.25) is 4.98 Å². The fourth-order valence-corrected chi connectivity index (χ4v) is 1.54. The second-order valence-corrected chi connectivity index (χ2v) is 4.81. The summed E-state index contributed by atoms with van der Waals surface area (Å²) in [5.74, 6) is 0.810. The number of hydrogen-bond acceptors (Lipinski definition) is 3. The van der Waals surface area contributed by atoms with Crippen LogP contribution in [0.2, 0.25) is 0 Å². The molecule has 2 aromatic rings. The van der Waals surface area contributed by atoms with Gasteiger partial charge in [0, 0.05) is 11.9 Å². The van der Waals surface area contributed by atoms with Crippen LogP contribution in [-0.4, -0.2) is 20.0 Å². The maximum Gasteiger partial charge on any atom is 0.0890 e. The number of nitrogens with zero attached hydrogens (tertiary/aromatic N) is 4. The van der Waals surface area contributed by atoms with Gasteiger partial charge < -0.3 is 0 Å². The van der Waals surface area contributed by atoms with E-state index in [4.69, 9.17) is 0 Å². The van der Waals surface area contributed by atoms with Crippen LogP contribution in [0.4, 0.5) is 0 Å². The predicted octanol–water partition coefficient (Wildman–Crippen LogP) is 2.91. The quantitative estimate of drug-likeness (QED) is 0.814. The first-order valence-electron chi connectivity index (χ1n) is 5.96. The molecule has 0 saturated carbocycles. The Kier molecular flexibility index (Phi) is 3.22. The van der Waals surface area contributed by atoms with Crippen molar-refractivity contribution in [3.8, 4) is 5.69 Å². The Morgan fingerprint density at radius 1 is 1.06 bits per heavy atom. The van der Waals surface area contributed by atoms with Crippen molar-refractivity contribution >= 4 is 0 Å². The molecule has 0 aliphatic heterocycles. The van der Waals surface area contributed by atoms with Crippen LogP contribution in [0, 0.1) is 0 Å². The molecule has 17 heavy (non-hydrogen) atoms. The van der Waals surface area contributed by atoms with Crippen molar-refractivity contribution in [2.24, 2.45) is 0 Å². The van der Waals surface area contributed by atoms with Crippen LogP contribution in [-0.2, 0) is 0 Å². The van der Waals surface area contributed by atoms with Gasteiger partial charge in [0.25, 0.3) is 0 Å². The first kappa shape index (κ1) is 11.8. The summed E-state index contributed by atoms with van der Waals surface area (Å²) in [7, 11) is 0. The molecule has 4 heteroatoms. The molecule has 0 saturated heterocycles. The molecule has 2 rings (SSSR count). The minimum Gasteiger partial charge on any atom is -0.261 e. The van der Waals surface area contributed by atoms with Gasteiger partial charge in [-0.05, 0) is 24.0 Å². The SMILES string of the molecule is CC(C)c1cc(-n2ncc(C(C)C)n2)ccn1. The molecule has 0 spiro atoms. The Hall–Kier alpha value is -1.71. The minimum atomic E-state index is 0.398. The second-order valence-electron chi connectivity index (χ2n) is 4.81. The molecule has 0 fully saturated rings. The number of pyridine rings is 1. The Bertz CT molecular complexity index is 500. The lowest BCUT2D eigenvalue weighted by molar-refractivity contribution is 0.711. The van der Waals surface area contributed by atoms with Crippen molar-refractivity contribution in [1.82, 2.24) is 20.0 Å². The van der Waals surface area contributed by atoms with Crippen molar-refractivity contribution in [1.29, 1.82) is 0 Å². The average Bonchev–Trinajstić information content (AvgIpc) is 2.78. The molecule has 0 amide bonds. The van der Waals surface area contributed by atoms with Crippen LogP contribution >= 0.6 is 0 Å². The number of rotatable bonds is 3. The minimum absolute atomic E-state index is 0.398. The molecule has 0 radical (unpaired) electrons. The molecule has 4 nitrogen and oxygen atoms in total. The fraction of sp³-hybridized carbons (Fsp3) is 0.462. The van der Waals surface area contributed by atoms with Gasteiger partial charge in [0.05, 0.1) is 17.6 Å². The van der Waals surface area contributed by atoms with Gasteiger partial charge in [-0.15, -0.1) is 0 Å². The number of hydrogen-bond donors (Lipinski definition) is 0. The molecule has 90 valence electrons. The maximum absolute atomic E-state index is 4.46. The summed E-state index contributed by atoms with van der Waals surface area (Å²) in [5.41, 5.74) is 3.04. The molecule has 0 N–H and O–H groups in total. The van der Waals surface area contributed by atoms with Gasteiger partial charge in [-0.2, -0.15) is 15.0 Å². The lowest BCUT2D eigenvalue weighted by Gasteiger charge is -2.06. The zero-order valence-electron chi connectivity index (χ0n) is 10.8. The highest BCUT2D eigenvalue weighted by atomic mass is 15.5. The largest absolute Gasteiger partial charge is 0.261 e. The van der Waals surface area contributed by atoms with Gasteiger partial charge in [0.1, 0.15) is 0 Å². The summed E-state index contributed by atoms with van der Waals surface area (Å²) in [4.78, 5) is 6.01. The van der Waals surface area contributed by atoms with Crippen molar-refractivity contribution in [3.05, 3.63) is 35.9 Å². The van der Waals surface area contributed by atoms with E-state index in [1.807, 2.05) is 24.5 Å². The van der Waals surface area contributed by atoms with Crippen LogP contribution in [0.1, 0.15) is 50.9 Å². The molecule has 0 bridgehead atoms. The van der Waals surface area contributed by atoms with E-state index in [0.717, 1.165) is 17.1 Å². The topological polar surface area (TPSA) is 43.6 Å². The van der Waals surface area contributed by atoms with E-state index in [9.17, 15) is 0 Å². The summed E-state index contributed by atoms with van der Waals surface area (Å²) >= 11 is 0. The van der Waals surface area contributed by atoms with Gasteiger partial charge in [-0.1, -0.05) is 27.7 Å². The van der Waals surface area contributed by atoms with Crippen LogP contribution in [0.3, 0.4) is 0 Å². The third-order valence-electron chi connectivity index (χ3n) is 2.69. The van der Waals surface area contributed by atoms with Crippen LogP contribution in [0.15, 0.2) is 24.5 Å². The zero-order valence-corrected chi connectivity index (χ0v) is 10.8. The van der Waals surface area contributed by atoms with Crippen molar-refractivity contribution in [2.45, 2.75) is 39.5 Å². The number of aromatic nitrogens is 4. The molecular formula is C13H18N4.